The minimum Gasteiger partial charge on any atom is -0.394 e. The van der Waals surface area contributed by atoms with Crippen molar-refractivity contribution in [3.8, 4) is 0 Å². The first-order chi connectivity index (χ1) is 15.3. The van der Waals surface area contributed by atoms with E-state index in [4.69, 9.17) is 19.3 Å². The summed E-state index contributed by atoms with van der Waals surface area (Å²) < 4.78 is 43.7. The van der Waals surface area contributed by atoms with Gasteiger partial charge in [0, 0.05) is 6.92 Å². The smallest absolute Gasteiger partial charge is 0.376 e. The fourth-order valence-electron chi connectivity index (χ4n) is 3.39. The minimum atomic E-state index is -2.05. The summed E-state index contributed by atoms with van der Waals surface area (Å²) in [7, 11) is -3.61. The summed E-state index contributed by atoms with van der Waals surface area (Å²) in [6.45, 7) is 17.8. The number of ether oxygens (including phenoxy) is 3. The molecule has 0 amide bonds. The summed E-state index contributed by atoms with van der Waals surface area (Å²) in [5.41, 5.74) is -1.29. The molecule has 202 valence electrons. The first kappa shape index (κ1) is 34.0. The number of unbranched alkanes of at least 4 members (excludes halogenated alkanes) is 1. The van der Waals surface area contributed by atoms with Crippen LogP contribution in [0.4, 0.5) is 0 Å². The number of aliphatic hydroxyl groups excluding tert-OH is 3. The van der Waals surface area contributed by atoms with E-state index in [9.17, 15) is 19.3 Å². The lowest BCUT2D eigenvalue weighted by molar-refractivity contribution is -0.193. The van der Waals surface area contributed by atoms with E-state index >= 15 is 0 Å². The maximum atomic E-state index is 13.4. The lowest BCUT2D eigenvalue weighted by Crippen LogP contribution is -2.53. The molecule has 0 aliphatic rings. The first-order valence-corrected chi connectivity index (χ1v) is 15.0. The van der Waals surface area contributed by atoms with Crippen molar-refractivity contribution in [1.29, 1.82) is 0 Å². The molecule has 0 radical (unpaired) electrons. The molecule has 0 saturated carbocycles. The van der Waals surface area contributed by atoms with Crippen LogP contribution in [0.3, 0.4) is 0 Å². The molecule has 0 heterocycles. The lowest BCUT2D eigenvalue weighted by Gasteiger charge is -2.37. The van der Waals surface area contributed by atoms with Crippen molar-refractivity contribution < 1.29 is 38.7 Å². The Labute approximate surface area is 208 Å². The largest absolute Gasteiger partial charge is 0.394 e. The zero-order chi connectivity index (χ0) is 27.0. The highest BCUT2D eigenvalue weighted by Gasteiger charge is 2.57. The highest BCUT2D eigenvalue weighted by atomic mass is 31.1. The molecule has 0 saturated heterocycles. The monoisotopic (exact) mass is 528 g/mol. The Morgan fingerprint density at radius 1 is 0.794 bits per heavy atom. The van der Waals surface area contributed by atoms with Crippen molar-refractivity contribution in [2.75, 3.05) is 32.1 Å². The molecule has 34 heavy (non-hydrogen) atoms. The first-order valence-electron chi connectivity index (χ1n) is 12.1. The number of aliphatic hydroxyl groups is 3. The summed E-state index contributed by atoms with van der Waals surface area (Å²) >= 11 is 0. The van der Waals surface area contributed by atoms with Crippen LogP contribution < -0.4 is 0 Å². The highest BCUT2D eigenvalue weighted by Crippen LogP contribution is 2.47. The van der Waals surface area contributed by atoms with Gasteiger partial charge in [-0.25, -0.2) is 0 Å². The van der Waals surface area contributed by atoms with Gasteiger partial charge < -0.3 is 29.5 Å². The van der Waals surface area contributed by atoms with Crippen molar-refractivity contribution in [2.45, 2.75) is 122 Å². The quantitative estimate of drug-likeness (QED) is 0.195. The van der Waals surface area contributed by atoms with Gasteiger partial charge >= 0.3 is 15.6 Å². The fourth-order valence-corrected chi connectivity index (χ4v) is 6.51. The van der Waals surface area contributed by atoms with Gasteiger partial charge in [-0.15, -0.1) is 0 Å². The number of hydrogen-bond donors (Lipinski definition) is 3. The van der Waals surface area contributed by atoms with Gasteiger partial charge in [-0.3, -0.25) is 0 Å². The zero-order valence-corrected chi connectivity index (χ0v) is 24.7. The van der Waals surface area contributed by atoms with E-state index in [1.54, 1.807) is 13.8 Å². The van der Waals surface area contributed by atoms with Gasteiger partial charge in [-0.2, -0.15) is 0 Å². The minimum absolute atomic E-state index is 0.0842. The van der Waals surface area contributed by atoms with Crippen molar-refractivity contribution in [3.63, 3.8) is 0 Å². The predicted octanol–water partition coefficient (Wildman–Crippen LogP) is 4.67. The number of rotatable bonds is 16. The molecule has 3 N–H and O–H groups in total. The third-order valence-corrected chi connectivity index (χ3v) is 9.49. The maximum Gasteiger partial charge on any atom is 0.376 e. The van der Waals surface area contributed by atoms with Crippen LogP contribution in [0.5, 0.6) is 0 Å². The summed E-state index contributed by atoms with van der Waals surface area (Å²) in [4.78, 5) is 0. The van der Waals surface area contributed by atoms with Gasteiger partial charge in [0.1, 0.15) is 18.4 Å². The van der Waals surface area contributed by atoms with E-state index in [2.05, 4.69) is 0 Å². The van der Waals surface area contributed by atoms with Crippen LogP contribution in [-0.4, -0.2) is 87.5 Å². The van der Waals surface area contributed by atoms with Gasteiger partial charge in [0.05, 0.1) is 37.1 Å². The van der Waals surface area contributed by atoms with Crippen LogP contribution in [0.1, 0.15) is 82.1 Å². The number of hydrogen-bond acceptors (Lipinski definition) is 8. The zero-order valence-electron chi connectivity index (χ0n) is 23.0. The van der Waals surface area contributed by atoms with Gasteiger partial charge in [-0.1, -0.05) is 9.13 Å². The van der Waals surface area contributed by atoms with Gasteiger partial charge in [-0.05, 0) is 75.2 Å². The normalized spacial score (nSPS) is 18.7. The van der Waals surface area contributed by atoms with E-state index in [-0.39, 0.29) is 25.5 Å². The van der Waals surface area contributed by atoms with E-state index in [0.29, 0.717) is 19.0 Å². The second-order valence-corrected chi connectivity index (χ2v) is 16.2. The second-order valence-electron chi connectivity index (χ2n) is 11.7. The van der Waals surface area contributed by atoms with Gasteiger partial charge in [0.25, 0.3) is 5.34 Å². The Balaban J connectivity index is 5.19. The van der Waals surface area contributed by atoms with Gasteiger partial charge in [0.2, 0.25) is 0 Å². The van der Waals surface area contributed by atoms with Crippen LogP contribution >= 0.6 is 15.6 Å². The summed E-state index contributed by atoms with van der Waals surface area (Å²) in [5.74, 6) is 0. The molecule has 6 unspecified atom stereocenters. The Kier molecular flexibility index (Phi) is 14.0. The summed E-state index contributed by atoms with van der Waals surface area (Å²) in [6, 6.07) is 0. The van der Waals surface area contributed by atoms with E-state index in [1.807, 2.05) is 55.4 Å². The summed E-state index contributed by atoms with van der Waals surface area (Å²) in [6.07, 6.45) is -0.645. The standard InChI is InChI=1S/C24H50O8P2/c1-18(15-25)30-17-23(8,9)33(28)13-11-12-14-34(29)24(10,32-22(5,6)7)20(27)19(16-26)31-21(2,3)4/h18-20,25-27H,11-17H2,1-10H3/q+2. The van der Waals surface area contributed by atoms with Crippen LogP contribution in [0, 0.1) is 0 Å². The lowest BCUT2D eigenvalue weighted by atomic mass is 10.1. The highest BCUT2D eigenvalue weighted by molar-refractivity contribution is 7.46. The van der Waals surface area contributed by atoms with Gasteiger partial charge in [0.15, 0.2) is 11.3 Å². The molecule has 0 aromatic carbocycles. The van der Waals surface area contributed by atoms with E-state index < -0.39 is 56.1 Å². The molecule has 8 nitrogen and oxygen atoms in total. The molecule has 0 aromatic heterocycles. The topological polar surface area (TPSA) is 123 Å². The van der Waals surface area contributed by atoms with Crippen LogP contribution in [-0.2, 0) is 23.3 Å². The average molecular weight is 529 g/mol. The fraction of sp³-hybridized carbons (Fsp3) is 1.00. The molecule has 10 heteroatoms. The second kappa shape index (κ2) is 14.0. The van der Waals surface area contributed by atoms with Crippen molar-refractivity contribution in [2.24, 2.45) is 0 Å². The SMILES string of the molecule is CC(CO)OCC(C)(C)[P+](=O)CCCC[P+](=O)C(C)(OC(C)(C)C)C(O)C(CO)OC(C)(C)C. The molecule has 6 atom stereocenters. The molecule has 0 rings (SSSR count). The third-order valence-electron chi connectivity index (χ3n) is 5.22. The molecule has 0 spiro atoms. The molecule has 0 aromatic rings. The average Bonchev–Trinajstić information content (AvgIpc) is 2.70. The van der Waals surface area contributed by atoms with Crippen LogP contribution in [0.15, 0.2) is 0 Å². The summed E-state index contributed by atoms with van der Waals surface area (Å²) in [5, 5.41) is 28.1. The van der Waals surface area contributed by atoms with E-state index in [0.717, 1.165) is 0 Å². The molecule has 0 aliphatic carbocycles. The van der Waals surface area contributed by atoms with E-state index in [1.165, 1.54) is 0 Å². The predicted molar refractivity (Wildman–Crippen MR) is 138 cm³/mol. The van der Waals surface area contributed by atoms with Crippen LogP contribution in [0.25, 0.3) is 0 Å². The molecule has 0 aliphatic heterocycles. The molecule has 0 fully saturated rings. The molecular formula is C24H50O8P2+2. The van der Waals surface area contributed by atoms with Crippen molar-refractivity contribution in [1.82, 2.24) is 0 Å². The molecular weight excluding hydrogens is 478 g/mol. The Morgan fingerprint density at radius 3 is 1.71 bits per heavy atom. The van der Waals surface area contributed by atoms with Crippen molar-refractivity contribution >= 4 is 15.6 Å². The van der Waals surface area contributed by atoms with Crippen LogP contribution in [0.2, 0.25) is 0 Å². The Hall–Kier alpha value is -0.0400. The van der Waals surface area contributed by atoms with Crippen molar-refractivity contribution in [3.05, 3.63) is 0 Å². The maximum absolute atomic E-state index is 13.4. The Morgan fingerprint density at radius 2 is 1.29 bits per heavy atom. The third kappa shape index (κ3) is 12.3. The molecule has 0 bridgehead atoms. The Bertz CT molecular complexity index is 642.